The van der Waals surface area contributed by atoms with Crippen LogP contribution in [0.1, 0.15) is 44.1 Å². The molecule has 4 rings (SSSR count). The standard InChI is InChI=1S/C23H31N5O/c1-27(15-18-6-3-2-4-7-18)23(29)12-9-19-8-5-13-28(16-19)22-14-21(24-17-25-22)26-20-10-11-20/h2-4,6-7,14,17,19-20H,5,8-13,15-16H2,1H3,(H,24,25,26)/t19-/m0/s1. The van der Waals surface area contributed by atoms with Gasteiger partial charge in [0.1, 0.15) is 18.0 Å². The zero-order chi connectivity index (χ0) is 20.1. The van der Waals surface area contributed by atoms with E-state index < -0.39 is 0 Å². The van der Waals surface area contributed by atoms with E-state index in [1.54, 1.807) is 6.33 Å². The number of hydrogen-bond acceptors (Lipinski definition) is 5. The van der Waals surface area contributed by atoms with Gasteiger partial charge in [0.2, 0.25) is 5.91 Å². The molecule has 6 heteroatoms. The first-order valence-corrected chi connectivity index (χ1v) is 10.8. The molecule has 1 N–H and O–H groups in total. The quantitative estimate of drug-likeness (QED) is 0.741. The summed E-state index contributed by atoms with van der Waals surface area (Å²) in [6.07, 6.45) is 8.01. The van der Waals surface area contributed by atoms with Crippen LogP contribution in [-0.2, 0) is 11.3 Å². The Morgan fingerprint density at radius 2 is 2.03 bits per heavy atom. The fourth-order valence-electron chi connectivity index (χ4n) is 4.01. The van der Waals surface area contributed by atoms with Crippen molar-refractivity contribution in [2.24, 2.45) is 5.92 Å². The van der Waals surface area contributed by atoms with E-state index in [2.05, 4.69) is 38.4 Å². The number of hydrogen-bond donors (Lipinski definition) is 1. The van der Waals surface area contributed by atoms with E-state index in [-0.39, 0.29) is 5.91 Å². The molecule has 2 aliphatic rings. The van der Waals surface area contributed by atoms with Gasteiger partial charge in [0, 0.05) is 45.2 Å². The Labute approximate surface area is 173 Å². The Hall–Kier alpha value is -2.63. The molecule has 1 amide bonds. The van der Waals surface area contributed by atoms with Crippen LogP contribution in [-0.4, -0.2) is 47.0 Å². The first-order valence-electron chi connectivity index (χ1n) is 10.8. The third-order valence-electron chi connectivity index (χ3n) is 5.88. The van der Waals surface area contributed by atoms with Gasteiger partial charge in [0.05, 0.1) is 0 Å². The van der Waals surface area contributed by atoms with Crippen LogP contribution >= 0.6 is 0 Å². The van der Waals surface area contributed by atoms with Crippen LogP contribution in [0.3, 0.4) is 0 Å². The van der Waals surface area contributed by atoms with Gasteiger partial charge in [-0.2, -0.15) is 0 Å². The number of carbonyl (C=O) groups excluding carboxylic acids is 1. The maximum atomic E-state index is 12.6. The summed E-state index contributed by atoms with van der Waals surface area (Å²) in [5.41, 5.74) is 1.17. The van der Waals surface area contributed by atoms with Gasteiger partial charge in [0.25, 0.3) is 0 Å². The monoisotopic (exact) mass is 393 g/mol. The number of benzene rings is 1. The van der Waals surface area contributed by atoms with Crippen molar-refractivity contribution in [1.82, 2.24) is 14.9 Å². The lowest BCUT2D eigenvalue weighted by Crippen LogP contribution is -2.36. The number of aromatic nitrogens is 2. The van der Waals surface area contributed by atoms with Gasteiger partial charge in [-0.3, -0.25) is 4.79 Å². The molecular formula is C23H31N5O. The molecule has 29 heavy (non-hydrogen) atoms. The third-order valence-corrected chi connectivity index (χ3v) is 5.88. The van der Waals surface area contributed by atoms with Crippen molar-refractivity contribution in [2.75, 3.05) is 30.4 Å². The Morgan fingerprint density at radius 1 is 1.21 bits per heavy atom. The predicted octanol–water partition coefficient (Wildman–Crippen LogP) is 3.71. The minimum Gasteiger partial charge on any atom is -0.367 e. The maximum absolute atomic E-state index is 12.6. The maximum Gasteiger partial charge on any atom is 0.222 e. The lowest BCUT2D eigenvalue weighted by atomic mass is 9.93. The van der Waals surface area contributed by atoms with Crippen LogP contribution in [0.2, 0.25) is 0 Å². The highest BCUT2D eigenvalue weighted by Gasteiger charge is 2.24. The SMILES string of the molecule is CN(Cc1ccccc1)C(=O)CC[C@@H]1CCCN(c2cc(NC3CC3)ncn2)C1. The van der Waals surface area contributed by atoms with Gasteiger partial charge < -0.3 is 15.1 Å². The molecule has 0 radical (unpaired) electrons. The van der Waals surface area contributed by atoms with E-state index in [0.717, 1.165) is 37.6 Å². The Bertz CT molecular complexity index is 808. The van der Waals surface area contributed by atoms with Crippen LogP contribution in [0, 0.1) is 5.92 Å². The fourth-order valence-corrected chi connectivity index (χ4v) is 4.01. The molecule has 1 atom stereocenters. The van der Waals surface area contributed by atoms with Crippen molar-refractivity contribution in [3.63, 3.8) is 0 Å². The smallest absolute Gasteiger partial charge is 0.222 e. The number of carbonyl (C=O) groups is 1. The van der Waals surface area contributed by atoms with Crippen molar-refractivity contribution in [3.8, 4) is 0 Å². The average molecular weight is 394 g/mol. The van der Waals surface area contributed by atoms with E-state index in [1.165, 1.54) is 24.8 Å². The summed E-state index contributed by atoms with van der Waals surface area (Å²) in [6.45, 7) is 2.67. The van der Waals surface area contributed by atoms with Gasteiger partial charge in [-0.05, 0) is 43.6 Å². The normalized spacial score (nSPS) is 19.1. The third kappa shape index (κ3) is 5.68. The first-order chi connectivity index (χ1) is 14.2. The Kier molecular flexibility index (Phi) is 6.27. The van der Waals surface area contributed by atoms with Crippen LogP contribution in [0.15, 0.2) is 42.7 Å². The molecule has 1 aliphatic heterocycles. The Balaban J connectivity index is 1.27. The summed E-state index contributed by atoms with van der Waals surface area (Å²) in [7, 11) is 1.90. The summed E-state index contributed by atoms with van der Waals surface area (Å²) < 4.78 is 0. The van der Waals surface area contributed by atoms with E-state index in [9.17, 15) is 4.79 Å². The van der Waals surface area contributed by atoms with Crippen molar-refractivity contribution >= 4 is 17.5 Å². The summed E-state index contributed by atoms with van der Waals surface area (Å²) >= 11 is 0. The molecule has 1 aliphatic carbocycles. The highest BCUT2D eigenvalue weighted by atomic mass is 16.2. The van der Waals surface area contributed by atoms with Gasteiger partial charge in [-0.15, -0.1) is 0 Å². The topological polar surface area (TPSA) is 61.4 Å². The summed E-state index contributed by atoms with van der Waals surface area (Å²) in [5.74, 6) is 2.69. The highest BCUT2D eigenvalue weighted by Crippen LogP contribution is 2.28. The molecule has 2 fully saturated rings. The molecule has 6 nitrogen and oxygen atoms in total. The summed E-state index contributed by atoms with van der Waals surface area (Å²) in [5, 5.41) is 3.45. The minimum absolute atomic E-state index is 0.226. The number of piperidine rings is 1. The fraction of sp³-hybridized carbons (Fsp3) is 0.522. The van der Waals surface area contributed by atoms with E-state index in [1.807, 2.05) is 30.1 Å². The molecule has 1 aromatic carbocycles. The first kappa shape index (κ1) is 19.7. The summed E-state index contributed by atoms with van der Waals surface area (Å²) in [6, 6.07) is 12.8. The molecule has 2 heterocycles. The largest absolute Gasteiger partial charge is 0.367 e. The van der Waals surface area contributed by atoms with E-state index in [0.29, 0.717) is 24.9 Å². The van der Waals surface area contributed by atoms with Crippen molar-refractivity contribution in [2.45, 2.75) is 51.1 Å². The number of nitrogens with zero attached hydrogens (tertiary/aromatic N) is 4. The van der Waals surface area contributed by atoms with Gasteiger partial charge in [-0.25, -0.2) is 9.97 Å². The number of amides is 1. The average Bonchev–Trinajstić information content (AvgIpc) is 3.57. The lowest BCUT2D eigenvalue weighted by Gasteiger charge is -2.34. The second kappa shape index (κ2) is 9.25. The van der Waals surface area contributed by atoms with Crippen LogP contribution < -0.4 is 10.2 Å². The second-order valence-corrected chi connectivity index (χ2v) is 8.41. The van der Waals surface area contributed by atoms with Crippen molar-refractivity contribution in [3.05, 3.63) is 48.3 Å². The molecular weight excluding hydrogens is 362 g/mol. The zero-order valence-corrected chi connectivity index (χ0v) is 17.3. The molecule has 1 aromatic heterocycles. The lowest BCUT2D eigenvalue weighted by molar-refractivity contribution is -0.130. The van der Waals surface area contributed by atoms with Crippen LogP contribution in [0.5, 0.6) is 0 Å². The molecule has 1 saturated heterocycles. The van der Waals surface area contributed by atoms with Gasteiger partial charge in [0.15, 0.2) is 0 Å². The Morgan fingerprint density at radius 3 is 2.83 bits per heavy atom. The van der Waals surface area contributed by atoms with Crippen LogP contribution in [0.25, 0.3) is 0 Å². The number of anilines is 2. The molecule has 154 valence electrons. The molecule has 0 spiro atoms. The van der Waals surface area contributed by atoms with Gasteiger partial charge in [-0.1, -0.05) is 30.3 Å². The summed E-state index contributed by atoms with van der Waals surface area (Å²) in [4.78, 5) is 25.6. The highest BCUT2D eigenvalue weighted by molar-refractivity contribution is 5.75. The minimum atomic E-state index is 0.226. The van der Waals surface area contributed by atoms with E-state index >= 15 is 0 Å². The zero-order valence-electron chi connectivity index (χ0n) is 17.3. The van der Waals surface area contributed by atoms with Gasteiger partial charge >= 0.3 is 0 Å². The number of nitrogens with one attached hydrogen (secondary N) is 1. The van der Waals surface area contributed by atoms with Crippen LogP contribution in [0.4, 0.5) is 11.6 Å². The second-order valence-electron chi connectivity index (χ2n) is 8.41. The molecule has 0 unspecified atom stereocenters. The molecule has 2 aromatic rings. The molecule has 0 bridgehead atoms. The van der Waals surface area contributed by atoms with Crippen molar-refractivity contribution in [1.29, 1.82) is 0 Å². The van der Waals surface area contributed by atoms with E-state index in [4.69, 9.17) is 0 Å². The predicted molar refractivity (Wildman–Crippen MR) is 116 cm³/mol. The van der Waals surface area contributed by atoms with Crippen molar-refractivity contribution < 1.29 is 4.79 Å². The number of rotatable bonds is 8. The molecule has 1 saturated carbocycles.